The Labute approximate surface area is 46.9 Å². The smallest absolute Gasteiger partial charge is 0.212 e. The Morgan fingerprint density at radius 2 is 2.43 bits per heavy atom. The van der Waals surface area contributed by atoms with Gasteiger partial charge in [0.2, 0.25) is 6.41 Å². The number of nitrogens with one attached hydrogen (secondary N) is 1. The van der Waals surface area contributed by atoms with E-state index in [2.05, 4.69) is 16.9 Å². The fourth-order valence-electron chi connectivity index (χ4n) is 0.0978. The molecule has 0 radical (unpaired) electrons. The molecule has 1 atom stereocenters. The zero-order valence-corrected chi connectivity index (χ0v) is 5.50. The third-order valence-electron chi connectivity index (χ3n) is 0.292. The van der Waals surface area contributed by atoms with Gasteiger partial charge in [-0.05, 0) is 11.8 Å². The summed E-state index contributed by atoms with van der Waals surface area (Å²) < 4.78 is 0. The van der Waals surface area contributed by atoms with E-state index < -0.39 is 6.42 Å². The molecule has 0 heterocycles. The van der Waals surface area contributed by atoms with Crippen LogP contribution in [0.2, 0.25) is 0 Å². The normalized spacial score (nSPS) is 17.4. The molecule has 0 aliphatic heterocycles. The summed E-state index contributed by atoms with van der Waals surface area (Å²) in [6.07, 6.45) is -2.05. The van der Waals surface area contributed by atoms with Gasteiger partial charge < -0.3 is 9.98 Å². The zero-order chi connectivity index (χ0) is 5.91. The van der Waals surface area contributed by atoms with Crippen LogP contribution in [0, 0.1) is 0 Å². The molecule has 1 unspecified atom stereocenters. The van der Waals surface area contributed by atoms with Gasteiger partial charge in [-0.2, -0.15) is 0 Å². The minimum atomic E-state index is -2.45. The molecule has 42 valence electrons. The summed E-state index contributed by atoms with van der Waals surface area (Å²) in [5, 5.41) is 2.09. The van der Waals surface area contributed by atoms with E-state index in [0.29, 0.717) is 6.41 Å². The van der Waals surface area contributed by atoms with E-state index in [0.717, 1.165) is 0 Å². The van der Waals surface area contributed by atoms with Crippen molar-refractivity contribution in [1.82, 2.24) is 5.09 Å². The summed E-state index contributed by atoms with van der Waals surface area (Å²) in [5.74, 6) is 0. The number of carbonyl (C=O) groups excluding carboxylic acids is 1. The second-order valence-corrected chi connectivity index (χ2v) is 5.28. The lowest BCUT2D eigenvalue weighted by molar-refractivity contribution is -0.108. The Morgan fingerprint density at radius 1 is 2.00 bits per heavy atom. The van der Waals surface area contributed by atoms with Crippen LogP contribution in [0.4, 0.5) is 0 Å². The van der Waals surface area contributed by atoms with E-state index in [1.165, 1.54) is 6.66 Å². The fraction of sp³-hybridized carbons (Fsp3) is 0.500. The Kier molecular flexibility index (Phi) is 2.43. The second kappa shape index (κ2) is 2.40. The molecule has 0 aromatic carbocycles. The van der Waals surface area contributed by atoms with Crippen molar-refractivity contribution in [2.45, 2.75) is 0 Å². The Bertz CT molecular complexity index is 108. The topological polar surface area (TPSA) is 49.3 Å². The molecule has 0 saturated heterocycles. The van der Waals surface area contributed by atoms with E-state index in [1.54, 1.807) is 0 Å². The highest BCUT2D eigenvalue weighted by atomic mass is 32.4. The standard InChI is InChI=1S/C2H6NO2PS/c1-6(5,7)3-2-4/h2H,1H3,(H2,3,4,5,7). The predicted octanol–water partition coefficient (Wildman–Crippen LogP) is -0.336. The van der Waals surface area contributed by atoms with Crippen LogP contribution < -0.4 is 5.09 Å². The first kappa shape index (κ1) is 7.08. The van der Waals surface area contributed by atoms with Gasteiger partial charge in [-0.25, -0.2) is 0 Å². The highest BCUT2D eigenvalue weighted by Gasteiger charge is 1.96. The van der Waals surface area contributed by atoms with Crippen molar-refractivity contribution < 1.29 is 9.69 Å². The van der Waals surface area contributed by atoms with Gasteiger partial charge >= 0.3 is 0 Å². The summed E-state index contributed by atoms with van der Waals surface area (Å²) in [6.45, 7) is 1.41. The van der Waals surface area contributed by atoms with E-state index in [-0.39, 0.29) is 0 Å². The minimum Gasteiger partial charge on any atom is -0.350 e. The molecule has 2 N–H and O–H groups in total. The van der Waals surface area contributed by atoms with Crippen LogP contribution in [0.25, 0.3) is 0 Å². The van der Waals surface area contributed by atoms with Crippen molar-refractivity contribution in [3.63, 3.8) is 0 Å². The molecule has 3 nitrogen and oxygen atoms in total. The summed E-state index contributed by atoms with van der Waals surface area (Å²) >= 11 is 4.41. The third kappa shape index (κ3) is 6.08. The molecule has 0 aliphatic carbocycles. The van der Waals surface area contributed by atoms with Gasteiger partial charge in [0, 0.05) is 6.66 Å². The lowest BCUT2D eigenvalue weighted by atomic mass is 11.5. The first-order valence-electron chi connectivity index (χ1n) is 1.58. The number of amides is 1. The molecule has 0 spiro atoms. The Balaban J connectivity index is 3.57. The van der Waals surface area contributed by atoms with Gasteiger partial charge in [-0.15, -0.1) is 0 Å². The maximum atomic E-state index is 9.51. The van der Waals surface area contributed by atoms with Crippen molar-refractivity contribution in [2.24, 2.45) is 0 Å². The van der Waals surface area contributed by atoms with Crippen molar-refractivity contribution in [3.05, 3.63) is 0 Å². The largest absolute Gasteiger partial charge is 0.350 e. The lowest BCUT2D eigenvalue weighted by Gasteiger charge is -2.02. The van der Waals surface area contributed by atoms with E-state index >= 15 is 0 Å². The summed E-state index contributed by atoms with van der Waals surface area (Å²) in [7, 11) is 0. The van der Waals surface area contributed by atoms with E-state index in [1.807, 2.05) is 0 Å². The fourth-order valence-corrected chi connectivity index (χ4v) is 0.422. The predicted molar refractivity (Wildman–Crippen MR) is 31.6 cm³/mol. The Hall–Kier alpha value is 0.0800. The van der Waals surface area contributed by atoms with Crippen molar-refractivity contribution in [3.8, 4) is 0 Å². The molecule has 0 aromatic rings. The lowest BCUT2D eigenvalue weighted by Crippen LogP contribution is -2.03. The van der Waals surface area contributed by atoms with Crippen LogP contribution in [0.15, 0.2) is 0 Å². The molecule has 0 saturated carbocycles. The minimum absolute atomic E-state index is 0.404. The van der Waals surface area contributed by atoms with Crippen LogP contribution in [0.1, 0.15) is 0 Å². The Morgan fingerprint density at radius 3 is 2.43 bits per heavy atom. The molecule has 5 heteroatoms. The van der Waals surface area contributed by atoms with Crippen LogP contribution in [0.3, 0.4) is 0 Å². The van der Waals surface area contributed by atoms with Gasteiger partial charge in [0.15, 0.2) is 0 Å². The van der Waals surface area contributed by atoms with Crippen LogP contribution in [-0.2, 0) is 16.6 Å². The monoisotopic (exact) mass is 139 g/mol. The third-order valence-corrected chi connectivity index (χ3v) is 1.19. The van der Waals surface area contributed by atoms with Crippen LogP contribution in [0.5, 0.6) is 0 Å². The van der Waals surface area contributed by atoms with Gasteiger partial charge in [0.1, 0.15) is 6.42 Å². The number of hydrogen-bond donors (Lipinski definition) is 2. The first-order valence-corrected chi connectivity index (χ1v) is 4.78. The zero-order valence-electron chi connectivity index (χ0n) is 3.79. The SMILES string of the molecule is CP(O)(=S)NC=O. The first-order chi connectivity index (χ1) is 3.06. The molecule has 7 heavy (non-hydrogen) atoms. The molecule has 0 rings (SSSR count). The van der Waals surface area contributed by atoms with Gasteiger partial charge in [-0.3, -0.25) is 4.79 Å². The molecule has 1 amide bonds. The molecule has 0 aromatic heterocycles. The summed E-state index contributed by atoms with van der Waals surface area (Å²) in [5.41, 5.74) is 0. The average molecular weight is 139 g/mol. The van der Waals surface area contributed by atoms with Gasteiger partial charge in [0.05, 0.1) is 0 Å². The summed E-state index contributed by atoms with van der Waals surface area (Å²) in [6, 6.07) is 0. The van der Waals surface area contributed by atoms with Crippen LogP contribution >= 0.6 is 6.42 Å². The van der Waals surface area contributed by atoms with E-state index in [4.69, 9.17) is 4.89 Å². The van der Waals surface area contributed by atoms with Crippen molar-refractivity contribution in [2.75, 3.05) is 6.66 Å². The molecular weight excluding hydrogens is 133 g/mol. The highest BCUT2D eigenvalue weighted by molar-refractivity contribution is 8.10. The number of rotatable bonds is 2. The molecule has 0 aliphatic rings. The highest BCUT2D eigenvalue weighted by Crippen LogP contribution is 2.27. The molecule has 0 bridgehead atoms. The van der Waals surface area contributed by atoms with Crippen molar-refractivity contribution in [1.29, 1.82) is 0 Å². The second-order valence-electron chi connectivity index (χ2n) is 1.13. The van der Waals surface area contributed by atoms with E-state index in [9.17, 15) is 4.79 Å². The van der Waals surface area contributed by atoms with Gasteiger partial charge in [0.25, 0.3) is 0 Å². The average Bonchev–Trinajstić information content (AvgIpc) is 1.30. The maximum absolute atomic E-state index is 9.51. The summed E-state index contributed by atoms with van der Waals surface area (Å²) in [4.78, 5) is 18.1. The molecule has 0 fully saturated rings. The van der Waals surface area contributed by atoms with Gasteiger partial charge in [-0.1, -0.05) is 0 Å². The quantitative estimate of drug-likeness (QED) is 0.406. The number of carbonyl (C=O) groups is 1. The number of hydrogen-bond acceptors (Lipinski definition) is 2. The maximum Gasteiger partial charge on any atom is 0.212 e. The van der Waals surface area contributed by atoms with Crippen molar-refractivity contribution >= 4 is 24.6 Å². The van der Waals surface area contributed by atoms with Crippen LogP contribution in [-0.4, -0.2) is 18.0 Å². The molecular formula is C2H6NO2PS.